The molecule has 1 aliphatic rings. The van der Waals surface area contributed by atoms with Crippen LogP contribution < -0.4 is 0 Å². The molecule has 1 atom stereocenters. The lowest BCUT2D eigenvalue weighted by molar-refractivity contribution is 0.163. The summed E-state index contributed by atoms with van der Waals surface area (Å²) >= 11 is 0. The Morgan fingerprint density at radius 3 is 2.38 bits per heavy atom. The van der Waals surface area contributed by atoms with Crippen LogP contribution in [0.15, 0.2) is 34.1 Å². The molecule has 3 rings (SSSR count). The van der Waals surface area contributed by atoms with Gasteiger partial charge >= 0.3 is 0 Å². The summed E-state index contributed by atoms with van der Waals surface area (Å²) < 4.78 is 10.2. The summed E-state index contributed by atoms with van der Waals surface area (Å²) in [7, 11) is 0. The number of likely N-dealkylation sites (tertiary alicyclic amines) is 1. The molecule has 2 aromatic heterocycles. The van der Waals surface area contributed by atoms with Gasteiger partial charge in [-0.1, -0.05) is 6.92 Å². The van der Waals surface area contributed by atoms with Crippen molar-refractivity contribution in [1.29, 1.82) is 0 Å². The van der Waals surface area contributed by atoms with E-state index in [1.54, 1.807) is 12.5 Å². The zero-order valence-corrected chi connectivity index (χ0v) is 12.4. The van der Waals surface area contributed by atoms with E-state index < -0.39 is 0 Å². The standard InChI is InChI=1S/C15H22N4O2/c1-2-19-5-3-4-15(19)8-18(6-13-9-20-11-16-13)7-14-10-21-12-17-14/h9-12,15H,2-8H2,1H3. The van der Waals surface area contributed by atoms with Crippen LogP contribution in [0.25, 0.3) is 0 Å². The first-order valence-electron chi connectivity index (χ1n) is 7.55. The average molecular weight is 290 g/mol. The topological polar surface area (TPSA) is 58.5 Å². The molecule has 0 aromatic carbocycles. The van der Waals surface area contributed by atoms with Crippen LogP contribution in [0.3, 0.4) is 0 Å². The van der Waals surface area contributed by atoms with Gasteiger partial charge in [0, 0.05) is 25.7 Å². The smallest absolute Gasteiger partial charge is 0.180 e. The Bertz CT molecular complexity index is 476. The van der Waals surface area contributed by atoms with E-state index in [9.17, 15) is 0 Å². The van der Waals surface area contributed by atoms with Crippen molar-refractivity contribution < 1.29 is 8.83 Å². The van der Waals surface area contributed by atoms with E-state index in [1.807, 2.05) is 0 Å². The fraction of sp³-hybridized carbons (Fsp3) is 0.600. The number of rotatable bonds is 7. The molecular formula is C15H22N4O2. The van der Waals surface area contributed by atoms with Gasteiger partial charge in [0.25, 0.3) is 0 Å². The SMILES string of the molecule is CCN1CCCC1CN(Cc1cocn1)Cc1cocn1. The maximum absolute atomic E-state index is 5.08. The first-order valence-corrected chi connectivity index (χ1v) is 7.55. The number of likely N-dealkylation sites (N-methyl/N-ethyl adjacent to an activating group) is 1. The molecule has 1 aliphatic heterocycles. The zero-order chi connectivity index (χ0) is 14.5. The maximum atomic E-state index is 5.08. The van der Waals surface area contributed by atoms with Crippen LogP contribution in [0, 0.1) is 0 Å². The molecule has 1 unspecified atom stereocenters. The molecule has 0 aliphatic carbocycles. The lowest BCUT2D eigenvalue weighted by Crippen LogP contribution is -2.39. The molecule has 0 saturated carbocycles. The molecule has 6 heteroatoms. The minimum absolute atomic E-state index is 0.619. The Morgan fingerprint density at radius 2 is 1.86 bits per heavy atom. The second-order valence-electron chi connectivity index (χ2n) is 5.55. The number of hydrogen-bond acceptors (Lipinski definition) is 6. The maximum Gasteiger partial charge on any atom is 0.180 e. The Labute approximate surface area is 124 Å². The van der Waals surface area contributed by atoms with Crippen LogP contribution >= 0.6 is 0 Å². The number of nitrogens with zero attached hydrogens (tertiary/aromatic N) is 4. The van der Waals surface area contributed by atoms with Gasteiger partial charge in [-0.15, -0.1) is 0 Å². The van der Waals surface area contributed by atoms with Crippen molar-refractivity contribution in [2.45, 2.75) is 38.9 Å². The third-order valence-corrected chi connectivity index (χ3v) is 4.11. The Kier molecular flexibility index (Phi) is 4.67. The highest BCUT2D eigenvalue weighted by Gasteiger charge is 2.25. The Hall–Kier alpha value is -1.66. The number of oxazole rings is 2. The van der Waals surface area contributed by atoms with Crippen LogP contribution in [-0.2, 0) is 13.1 Å². The predicted octanol–water partition coefficient (Wildman–Crippen LogP) is 2.15. The Balaban J connectivity index is 1.66. The fourth-order valence-electron chi connectivity index (χ4n) is 3.09. The molecule has 0 amide bonds. The molecule has 1 saturated heterocycles. The quantitative estimate of drug-likeness (QED) is 0.778. The lowest BCUT2D eigenvalue weighted by atomic mass is 10.2. The molecule has 21 heavy (non-hydrogen) atoms. The number of aromatic nitrogens is 2. The van der Waals surface area contributed by atoms with Gasteiger partial charge in [-0.05, 0) is 25.9 Å². The minimum atomic E-state index is 0.619. The van der Waals surface area contributed by atoms with Crippen molar-refractivity contribution in [2.75, 3.05) is 19.6 Å². The Morgan fingerprint density at radius 1 is 1.19 bits per heavy atom. The van der Waals surface area contributed by atoms with E-state index in [1.165, 1.54) is 32.2 Å². The predicted molar refractivity (Wildman–Crippen MR) is 77.4 cm³/mol. The summed E-state index contributed by atoms with van der Waals surface area (Å²) in [4.78, 5) is 13.4. The summed E-state index contributed by atoms with van der Waals surface area (Å²) in [5.74, 6) is 0. The van der Waals surface area contributed by atoms with Crippen LogP contribution in [0.4, 0.5) is 0 Å². The monoisotopic (exact) mass is 290 g/mol. The molecule has 1 fully saturated rings. The molecule has 2 aromatic rings. The molecule has 6 nitrogen and oxygen atoms in total. The highest BCUT2D eigenvalue weighted by atomic mass is 16.3. The summed E-state index contributed by atoms with van der Waals surface area (Å²) in [6.07, 6.45) is 8.95. The van der Waals surface area contributed by atoms with Gasteiger partial charge < -0.3 is 8.83 Å². The second-order valence-corrected chi connectivity index (χ2v) is 5.55. The van der Waals surface area contributed by atoms with Crippen molar-refractivity contribution in [3.8, 4) is 0 Å². The van der Waals surface area contributed by atoms with E-state index in [-0.39, 0.29) is 0 Å². The van der Waals surface area contributed by atoms with E-state index in [4.69, 9.17) is 8.83 Å². The molecule has 114 valence electrons. The van der Waals surface area contributed by atoms with E-state index in [2.05, 4.69) is 26.7 Å². The summed E-state index contributed by atoms with van der Waals surface area (Å²) in [6.45, 7) is 7.13. The average Bonchev–Trinajstić information content (AvgIpc) is 3.20. The molecule has 0 N–H and O–H groups in total. The van der Waals surface area contributed by atoms with Crippen LogP contribution in [0.1, 0.15) is 31.2 Å². The molecule has 3 heterocycles. The van der Waals surface area contributed by atoms with E-state index in [0.717, 1.165) is 37.6 Å². The molecule has 0 spiro atoms. The first kappa shape index (κ1) is 14.3. The lowest BCUT2D eigenvalue weighted by Gasteiger charge is -2.29. The third kappa shape index (κ3) is 3.71. The highest BCUT2D eigenvalue weighted by molar-refractivity contribution is 4.96. The van der Waals surface area contributed by atoms with Gasteiger partial charge in [0.05, 0.1) is 11.4 Å². The number of hydrogen-bond donors (Lipinski definition) is 0. The van der Waals surface area contributed by atoms with Crippen molar-refractivity contribution in [3.63, 3.8) is 0 Å². The largest absolute Gasteiger partial charge is 0.451 e. The van der Waals surface area contributed by atoms with Crippen molar-refractivity contribution in [1.82, 2.24) is 19.8 Å². The van der Waals surface area contributed by atoms with Gasteiger partial charge in [0.2, 0.25) is 0 Å². The molecule has 0 radical (unpaired) electrons. The van der Waals surface area contributed by atoms with Gasteiger partial charge in [0.1, 0.15) is 12.5 Å². The zero-order valence-electron chi connectivity index (χ0n) is 12.4. The van der Waals surface area contributed by atoms with Gasteiger partial charge in [0.15, 0.2) is 12.8 Å². The van der Waals surface area contributed by atoms with Gasteiger partial charge in [-0.25, -0.2) is 9.97 Å². The first-order chi connectivity index (χ1) is 10.3. The minimum Gasteiger partial charge on any atom is -0.451 e. The van der Waals surface area contributed by atoms with E-state index in [0.29, 0.717) is 6.04 Å². The summed E-state index contributed by atoms with van der Waals surface area (Å²) in [5, 5.41) is 0. The van der Waals surface area contributed by atoms with Gasteiger partial charge in [-0.3, -0.25) is 9.80 Å². The molecular weight excluding hydrogens is 268 g/mol. The van der Waals surface area contributed by atoms with Crippen molar-refractivity contribution >= 4 is 0 Å². The highest BCUT2D eigenvalue weighted by Crippen LogP contribution is 2.19. The van der Waals surface area contributed by atoms with Crippen LogP contribution in [0.2, 0.25) is 0 Å². The van der Waals surface area contributed by atoms with Crippen LogP contribution in [-0.4, -0.2) is 45.4 Å². The normalized spacial score (nSPS) is 19.6. The van der Waals surface area contributed by atoms with Gasteiger partial charge in [-0.2, -0.15) is 0 Å². The summed E-state index contributed by atoms with van der Waals surface area (Å²) in [5.41, 5.74) is 1.92. The summed E-state index contributed by atoms with van der Waals surface area (Å²) in [6, 6.07) is 0.619. The third-order valence-electron chi connectivity index (χ3n) is 4.11. The van der Waals surface area contributed by atoms with Crippen LogP contribution in [0.5, 0.6) is 0 Å². The second kappa shape index (κ2) is 6.87. The fourth-order valence-corrected chi connectivity index (χ4v) is 3.09. The molecule has 0 bridgehead atoms. The van der Waals surface area contributed by atoms with E-state index >= 15 is 0 Å². The van der Waals surface area contributed by atoms with Crippen molar-refractivity contribution in [3.05, 3.63) is 36.7 Å². The van der Waals surface area contributed by atoms with Crippen molar-refractivity contribution in [2.24, 2.45) is 0 Å².